The van der Waals surface area contributed by atoms with Gasteiger partial charge >= 0.3 is 5.69 Å². The normalized spacial score (nSPS) is 14.1. The Kier molecular flexibility index (Phi) is 11.1. The average molecular weight is 492 g/mol. The summed E-state index contributed by atoms with van der Waals surface area (Å²) in [7, 11) is 0. The smallest absolute Gasteiger partial charge is 0.300 e. The van der Waals surface area contributed by atoms with Crippen LogP contribution in [-0.4, -0.2) is 98.0 Å². The number of piperazine rings is 1. The molecule has 13 heteroatoms. The maximum Gasteiger partial charge on any atom is 0.300 e. The first-order chi connectivity index (χ1) is 17.1. The summed E-state index contributed by atoms with van der Waals surface area (Å²) in [5, 5.41) is 28.8. The molecule has 2 aromatic rings. The van der Waals surface area contributed by atoms with Gasteiger partial charge in [0.1, 0.15) is 0 Å². The largest absolute Gasteiger partial charge is 0.366 e. The molecule has 3 rings (SSSR count). The zero-order chi connectivity index (χ0) is 24.9. The lowest BCUT2D eigenvalue weighted by Gasteiger charge is -2.36. The number of carbonyl (C=O) groups excluding carboxylic acids is 1. The van der Waals surface area contributed by atoms with Crippen LogP contribution in [0, 0.1) is 10.1 Å². The van der Waals surface area contributed by atoms with Gasteiger partial charge in [-0.1, -0.05) is 0 Å². The first-order valence-electron chi connectivity index (χ1n) is 12.4. The SMILES string of the molecule is NCCCNCCCCNCCCNCC(=O)N1CCN(c2ccc([N+](=O)[O-])c3nonc23)CC1. The van der Waals surface area contributed by atoms with Gasteiger partial charge in [-0.3, -0.25) is 14.9 Å². The van der Waals surface area contributed by atoms with Crippen molar-refractivity contribution in [2.75, 3.05) is 76.9 Å². The molecule has 0 saturated carbocycles. The molecule has 0 radical (unpaired) electrons. The second kappa shape index (κ2) is 14.5. The second-order valence-corrected chi connectivity index (χ2v) is 8.57. The molecule has 1 saturated heterocycles. The highest BCUT2D eigenvalue weighted by Crippen LogP contribution is 2.31. The quantitative estimate of drug-likeness (QED) is 0.142. The first kappa shape index (κ1) is 26.7. The van der Waals surface area contributed by atoms with E-state index in [-0.39, 0.29) is 17.1 Å². The molecule has 1 aliphatic rings. The molecule has 0 aliphatic carbocycles. The van der Waals surface area contributed by atoms with Crippen molar-refractivity contribution in [1.82, 2.24) is 31.2 Å². The zero-order valence-electron chi connectivity index (χ0n) is 20.2. The number of hydrogen-bond acceptors (Lipinski definition) is 11. The lowest BCUT2D eigenvalue weighted by molar-refractivity contribution is -0.383. The number of rotatable bonds is 16. The molecule has 0 spiro atoms. The number of nitro benzene ring substituents is 1. The Bertz CT molecular complexity index is 931. The fraction of sp³-hybridized carbons (Fsp3) is 0.682. The minimum Gasteiger partial charge on any atom is -0.366 e. The molecule has 0 atom stereocenters. The number of carbonyl (C=O) groups is 1. The lowest BCUT2D eigenvalue weighted by Crippen LogP contribution is -2.51. The van der Waals surface area contributed by atoms with E-state index in [2.05, 4.69) is 31.2 Å². The van der Waals surface area contributed by atoms with Gasteiger partial charge in [0.15, 0.2) is 5.52 Å². The zero-order valence-corrected chi connectivity index (χ0v) is 20.2. The van der Waals surface area contributed by atoms with Gasteiger partial charge in [0.05, 0.1) is 17.2 Å². The van der Waals surface area contributed by atoms with E-state index in [4.69, 9.17) is 10.4 Å². The minimum atomic E-state index is -0.499. The summed E-state index contributed by atoms with van der Waals surface area (Å²) in [4.78, 5) is 27.1. The number of fused-ring (bicyclic) bond motifs is 1. The lowest BCUT2D eigenvalue weighted by atomic mass is 10.2. The third-order valence-corrected chi connectivity index (χ3v) is 6.04. The molecular weight excluding hydrogens is 454 g/mol. The van der Waals surface area contributed by atoms with E-state index < -0.39 is 4.92 Å². The van der Waals surface area contributed by atoms with Crippen molar-refractivity contribution in [3.8, 4) is 0 Å². The molecule has 1 amide bonds. The number of unbranched alkanes of at least 4 members (excludes halogenated alkanes) is 1. The summed E-state index contributed by atoms with van der Waals surface area (Å²) < 4.78 is 4.75. The highest BCUT2D eigenvalue weighted by Gasteiger charge is 2.26. The molecule has 194 valence electrons. The summed E-state index contributed by atoms with van der Waals surface area (Å²) in [6, 6.07) is 3.08. The molecule has 0 bridgehead atoms. The van der Waals surface area contributed by atoms with E-state index in [1.54, 1.807) is 6.07 Å². The van der Waals surface area contributed by atoms with Gasteiger partial charge in [0.25, 0.3) is 0 Å². The standard InChI is InChI=1S/C22H37N9O4/c23-7-3-10-24-8-1-2-9-25-11-4-12-26-17-20(32)30-15-13-29(14-16-30)18-5-6-19(31(33)34)22-21(18)27-35-28-22/h5-6,24-26H,1-4,7-17,23H2. The van der Waals surface area contributed by atoms with Gasteiger partial charge < -0.3 is 31.5 Å². The Balaban J connectivity index is 1.26. The van der Waals surface area contributed by atoms with Crippen molar-refractivity contribution in [1.29, 1.82) is 0 Å². The van der Waals surface area contributed by atoms with Crippen molar-refractivity contribution < 1.29 is 14.3 Å². The molecule has 5 N–H and O–H groups in total. The third-order valence-electron chi connectivity index (χ3n) is 6.04. The molecule has 1 aliphatic heterocycles. The summed E-state index contributed by atoms with van der Waals surface area (Å²) in [6.07, 6.45) is 4.29. The van der Waals surface area contributed by atoms with E-state index in [9.17, 15) is 14.9 Å². The number of amides is 1. The molecular formula is C22H37N9O4. The maximum absolute atomic E-state index is 12.5. The Morgan fingerprint density at radius 3 is 2.26 bits per heavy atom. The van der Waals surface area contributed by atoms with Gasteiger partial charge in [-0.15, -0.1) is 0 Å². The number of anilines is 1. The number of nitrogens with one attached hydrogen (secondary N) is 3. The maximum atomic E-state index is 12.5. The fourth-order valence-corrected chi connectivity index (χ4v) is 4.06. The summed E-state index contributed by atoms with van der Waals surface area (Å²) >= 11 is 0. The van der Waals surface area contributed by atoms with E-state index >= 15 is 0 Å². The van der Waals surface area contributed by atoms with E-state index in [0.29, 0.717) is 38.2 Å². The highest BCUT2D eigenvalue weighted by atomic mass is 16.6. The van der Waals surface area contributed by atoms with Crippen LogP contribution in [0.1, 0.15) is 25.7 Å². The molecule has 1 aromatic carbocycles. The van der Waals surface area contributed by atoms with Gasteiger partial charge in [-0.05, 0) is 81.3 Å². The van der Waals surface area contributed by atoms with Gasteiger partial charge in [-0.25, -0.2) is 4.63 Å². The van der Waals surface area contributed by atoms with Crippen molar-refractivity contribution in [2.24, 2.45) is 5.73 Å². The van der Waals surface area contributed by atoms with Crippen molar-refractivity contribution in [2.45, 2.75) is 25.7 Å². The Morgan fingerprint density at radius 2 is 1.57 bits per heavy atom. The predicted octanol–water partition coefficient (Wildman–Crippen LogP) is 0.0675. The summed E-state index contributed by atoms with van der Waals surface area (Å²) in [6.45, 7) is 8.19. The van der Waals surface area contributed by atoms with E-state index in [0.717, 1.165) is 70.6 Å². The van der Waals surface area contributed by atoms with Gasteiger partial charge in [0.2, 0.25) is 11.4 Å². The Morgan fingerprint density at radius 1 is 0.943 bits per heavy atom. The van der Waals surface area contributed by atoms with Crippen LogP contribution in [0.2, 0.25) is 0 Å². The van der Waals surface area contributed by atoms with Crippen LogP contribution in [0.5, 0.6) is 0 Å². The average Bonchev–Trinajstić information content (AvgIpc) is 3.36. The third kappa shape index (κ3) is 8.09. The number of benzene rings is 1. The van der Waals surface area contributed by atoms with Crippen LogP contribution in [-0.2, 0) is 4.79 Å². The molecule has 35 heavy (non-hydrogen) atoms. The molecule has 13 nitrogen and oxygen atoms in total. The van der Waals surface area contributed by atoms with E-state index in [1.165, 1.54) is 6.07 Å². The fourth-order valence-electron chi connectivity index (χ4n) is 4.06. The number of non-ortho nitro benzene ring substituents is 1. The second-order valence-electron chi connectivity index (χ2n) is 8.57. The van der Waals surface area contributed by atoms with Crippen molar-refractivity contribution in [3.05, 3.63) is 22.2 Å². The Labute approximate surface area is 204 Å². The summed E-state index contributed by atoms with van der Waals surface area (Å²) in [5.41, 5.74) is 6.57. The highest BCUT2D eigenvalue weighted by molar-refractivity contribution is 5.94. The number of hydrogen-bond donors (Lipinski definition) is 4. The van der Waals surface area contributed by atoms with Gasteiger partial charge in [0, 0.05) is 32.2 Å². The monoisotopic (exact) mass is 491 g/mol. The number of nitro groups is 1. The molecule has 0 unspecified atom stereocenters. The number of nitrogens with zero attached hydrogens (tertiary/aromatic N) is 5. The van der Waals surface area contributed by atoms with Crippen LogP contribution in [0.25, 0.3) is 11.0 Å². The van der Waals surface area contributed by atoms with Gasteiger partial charge in [-0.2, -0.15) is 0 Å². The Hall–Kier alpha value is -2.87. The van der Waals surface area contributed by atoms with Crippen molar-refractivity contribution >= 4 is 28.3 Å². The molecule has 2 heterocycles. The van der Waals surface area contributed by atoms with Crippen LogP contribution >= 0.6 is 0 Å². The van der Waals surface area contributed by atoms with E-state index in [1.807, 2.05) is 4.90 Å². The van der Waals surface area contributed by atoms with Crippen LogP contribution in [0.15, 0.2) is 16.8 Å². The molecule has 1 fully saturated rings. The van der Waals surface area contributed by atoms with Crippen molar-refractivity contribution in [3.63, 3.8) is 0 Å². The van der Waals surface area contributed by atoms with Crippen LogP contribution < -0.4 is 26.6 Å². The topological polar surface area (TPSA) is 168 Å². The minimum absolute atomic E-state index is 0.0803. The first-order valence-corrected chi connectivity index (χ1v) is 12.4. The predicted molar refractivity (Wildman–Crippen MR) is 133 cm³/mol. The van der Waals surface area contributed by atoms with Crippen LogP contribution in [0.4, 0.5) is 11.4 Å². The number of aromatic nitrogens is 2. The van der Waals surface area contributed by atoms with Crippen LogP contribution in [0.3, 0.4) is 0 Å². The number of nitrogens with two attached hydrogens (primary N) is 1. The molecule has 1 aromatic heterocycles. The summed E-state index contributed by atoms with van der Waals surface area (Å²) in [5.74, 6) is 0.0803.